The number of aromatic nitrogens is 2. The van der Waals surface area contributed by atoms with Gasteiger partial charge in [0.2, 0.25) is 5.95 Å². The number of hydrogen-bond donors (Lipinski definition) is 2. The average molecular weight is 345 g/mol. The average Bonchev–Trinajstić information content (AvgIpc) is 2.66. The van der Waals surface area contributed by atoms with Crippen LogP contribution in [-0.2, 0) is 11.3 Å². The Morgan fingerprint density at radius 2 is 2.12 bits per heavy atom. The van der Waals surface area contributed by atoms with Crippen molar-refractivity contribution in [2.45, 2.75) is 19.4 Å². The molecule has 1 aromatic heterocycles. The monoisotopic (exact) mass is 345 g/mol. The largest absolute Gasteiger partial charge is 0.497 e. The number of hydrogen-bond acceptors (Lipinski definition) is 6. The summed E-state index contributed by atoms with van der Waals surface area (Å²) in [7, 11) is 1.62. The minimum absolute atomic E-state index is 0.203. The predicted octanol–water partition coefficient (Wildman–Crippen LogP) is 2.20. The van der Waals surface area contributed by atoms with E-state index in [0.717, 1.165) is 38.3 Å². The zero-order chi connectivity index (χ0) is 17.5. The molecule has 25 heavy (non-hydrogen) atoms. The summed E-state index contributed by atoms with van der Waals surface area (Å²) in [5.41, 5.74) is 0.368. The lowest BCUT2D eigenvalue weighted by Crippen LogP contribution is -2.26. The van der Waals surface area contributed by atoms with Gasteiger partial charge in [-0.3, -0.25) is 9.78 Å². The molecule has 1 fully saturated rings. The lowest BCUT2D eigenvalue weighted by atomic mass is 10.0. The Labute approximate surface area is 146 Å². The van der Waals surface area contributed by atoms with Crippen molar-refractivity contribution >= 4 is 5.95 Å². The highest BCUT2D eigenvalue weighted by Gasteiger charge is 2.14. The number of nitrogens with zero attached hydrogens (tertiary/aromatic N) is 1. The summed E-state index contributed by atoms with van der Waals surface area (Å²) in [5, 5.41) is 3.19. The summed E-state index contributed by atoms with van der Waals surface area (Å²) < 4.78 is 16.2. The lowest BCUT2D eigenvalue weighted by Gasteiger charge is -2.22. The fourth-order valence-electron chi connectivity index (χ4n) is 2.70. The maximum Gasteiger partial charge on any atom is 0.252 e. The first-order chi connectivity index (χ1) is 12.2. The number of anilines is 1. The summed E-state index contributed by atoms with van der Waals surface area (Å²) in [6.45, 7) is 2.53. The number of methoxy groups -OCH3 is 1. The Bertz CT molecular complexity index is 724. The molecule has 134 valence electrons. The first kappa shape index (κ1) is 17.3. The first-order valence-corrected chi connectivity index (χ1v) is 8.41. The maximum absolute atomic E-state index is 11.8. The van der Waals surface area contributed by atoms with Crippen LogP contribution >= 0.6 is 0 Å². The minimum Gasteiger partial charge on any atom is -0.497 e. The highest BCUT2D eigenvalue weighted by molar-refractivity contribution is 5.31. The van der Waals surface area contributed by atoms with Gasteiger partial charge < -0.3 is 19.5 Å². The van der Waals surface area contributed by atoms with Crippen molar-refractivity contribution in [2.75, 3.05) is 32.2 Å². The van der Waals surface area contributed by atoms with Crippen LogP contribution in [0.3, 0.4) is 0 Å². The van der Waals surface area contributed by atoms with Gasteiger partial charge in [0, 0.05) is 19.2 Å². The van der Waals surface area contributed by atoms with Gasteiger partial charge >= 0.3 is 0 Å². The lowest BCUT2D eigenvalue weighted by molar-refractivity contribution is 0.0594. The molecule has 7 heteroatoms. The molecule has 0 saturated carbocycles. The molecule has 1 saturated heterocycles. The van der Waals surface area contributed by atoms with E-state index in [0.29, 0.717) is 23.3 Å². The van der Waals surface area contributed by atoms with Gasteiger partial charge in [-0.2, -0.15) is 0 Å². The van der Waals surface area contributed by atoms with Crippen LogP contribution in [0.15, 0.2) is 35.1 Å². The highest BCUT2D eigenvalue weighted by atomic mass is 16.5. The van der Waals surface area contributed by atoms with Crippen molar-refractivity contribution in [2.24, 2.45) is 5.92 Å². The molecule has 7 nitrogen and oxygen atoms in total. The third kappa shape index (κ3) is 5.22. The number of benzene rings is 1. The normalized spacial score (nSPS) is 17.1. The Morgan fingerprint density at radius 3 is 2.84 bits per heavy atom. The smallest absolute Gasteiger partial charge is 0.252 e. The minimum atomic E-state index is -0.203. The fourth-order valence-corrected chi connectivity index (χ4v) is 2.70. The number of rotatable bonds is 7. The topological polar surface area (TPSA) is 85.5 Å². The van der Waals surface area contributed by atoms with Gasteiger partial charge in [-0.05, 0) is 43.0 Å². The van der Waals surface area contributed by atoms with Gasteiger partial charge in [0.15, 0.2) is 0 Å². The zero-order valence-corrected chi connectivity index (χ0v) is 14.3. The fraction of sp³-hybridized carbons (Fsp3) is 0.444. The predicted molar refractivity (Wildman–Crippen MR) is 94.2 cm³/mol. The van der Waals surface area contributed by atoms with Crippen molar-refractivity contribution in [3.63, 3.8) is 0 Å². The Morgan fingerprint density at radius 1 is 1.32 bits per heavy atom. The summed E-state index contributed by atoms with van der Waals surface area (Å²) in [4.78, 5) is 18.9. The van der Waals surface area contributed by atoms with Crippen molar-refractivity contribution in [1.29, 1.82) is 0 Å². The van der Waals surface area contributed by atoms with E-state index < -0.39 is 0 Å². The van der Waals surface area contributed by atoms with Crippen molar-refractivity contribution in [3.8, 4) is 11.5 Å². The molecule has 3 rings (SSSR count). The van der Waals surface area contributed by atoms with Gasteiger partial charge in [0.1, 0.15) is 18.1 Å². The van der Waals surface area contributed by atoms with Gasteiger partial charge in [-0.1, -0.05) is 0 Å². The van der Waals surface area contributed by atoms with Gasteiger partial charge in [0.05, 0.1) is 19.4 Å². The van der Waals surface area contributed by atoms with Crippen LogP contribution < -0.4 is 20.3 Å². The van der Waals surface area contributed by atoms with E-state index >= 15 is 0 Å². The van der Waals surface area contributed by atoms with Crippen LogP contribution in [0.4, 0.5) is 5.95 Å². The number of H-pyrrole nitrogens is 1. The van der Waals surface area contributed by atoms with Crippen LogP contribution in [0.1, 0.15) is 18.5 Å². The van der Waals surface area contributed by atoms with E-state index in [4.69, 9.17) is 14.2 Å². The first-order valence-electron chi connectivity index (χ1n) is 8.41. The molecule has 1 aromatic carbocycles. The van der Waals surface area contributed by atoms with Gasteiger partial charge in [-0.25, -0.2) is 4.98 Å². The number of nitrogens with one attached hydrogen (secondary N) is 2. The van der Waals surface area contributed by atoms with Crippen molar-refractivity contribution < 1.29 is 14.2 Å². The zero-order valence-electron chi connectivity index (χ0n) is 14.3. The maximum atomic E-state index is 11.8. The molecule has 1 aliphatic heterocycles. The van der Waals surface area contributed by atoms with Crippen LogP contribution in [0.25, 0.3) is 0 Å². The second-order valence-corrected chi connectivity index (χ2v) is 6.01. The quantitative estimate of drug-likeness (QED) is 0.800. The van der Waals surface area contributed by atoms with Crippen LogP contribution in [0.2, 0.25) is 0 Å². The summed E-state index contributed by atoms with van der Waals surface area (Å²) in [6.07, 6.45) is 2.20. The third-order valence-corrected chi connectivity index (χ3v) is 4.05. The van der Waals surface area contributed by atoms with Gasteiger partial charge in [0.25, 0.3) is 5.56 Å². The molecule has 1 aliphatic rings. The highest BCUT2D eigenvalue weighted by Crippen LogP contribution is 2.18. The molecule has 2 aromatic rings. The molecule has 1 unspecified atom stereocenters. The van der Waals surface area contributed by atoms with Gasteiger partial charge in [-0.15, -0.1) is 0 Å². The molecule has 0 aliphatic carbocycles. The number of ether oxygens (including phenoxy) is 3. The van der Waals surface area contributed by atoms with E-state index in [2.05, 4.69) is 15.3 Å². The summed E-state index contributed by atoms with van der Waals surface area (Å²) in [6, 6.07) is 8.71. The molecule has 0 radical (unpaired) electrons. The summed E-state index contributed by atoms with van der Waals surface area (Å²) in [5.74, 6) is 2.36. The Kier molecular flexibility index (Phi) is 5.90. The van der Waals surface area contributed by atoms with Crippen molar-refractivity contribution in [1.82, 2.24) is 9.97 Å². The van der Waals surface area contributed by atoms with Crippen LogP contribution in [-0.4, -0.2) is 36.8 Å². The van der Waals surface area contributed by atoms with Crippen molar-refractivity contribution in [3.05, 3.63) is 46.4 Å². The molecule has 0 amide bonds. The SMILES string of the molecule is COc1ccc(OCc2cc(=O)[nH]c(NCC3CCCOC3)n2)cc1. The molecule has 1 atom stereocenters. The second-order valence-electron chi connectivity index (χ2n) is 6.01. The third-order valence-electron chi connectivity index (χ3n) is 4.05. The Balaban J connectivity index is 1.57. The van der Waals surface area contributed by atoms with E-state index in [-0.39, 0.29) is 12.2 Å². The molecular formula is C18H23N3O4. The van der Waals surface area contributed by atoms with E-state index in [9.17, 15) is 4.79 Å². The number of aromatic amines is 1. The second kappa shape index (κ2) is 8.53. The van der Waals surface area contributed by atoms with E-state index in [1.54, 1.807) is 7.11 Å². The van der Waals surface area contributed by atoms with E-state index in [1.807, 2.05) is 24.3 Å². The molecule has 2 N–H and O–H groups in total. The van der Waals surface area contributed by atoms with E-state index in [1.165, 1.54) is 6.07 Å². The van der Waals surface area contributed by atoms with Crippen LogP contribution in [0, 0.1) is 5.92 Å². The van der Waals surface area contributed by atoms with Crippen LogP contribution in [0.5, 0.6) is 11.5 Å². The molecular weight excluding hydrogens is 322 g/mol. The Hall–Kier alpha value is -2.54. The molecule has 0 bridgehead atoms. The molecule has 2 heterocycles. The standard InChI is InChI=1S/C18H23N3O4/c1-23-15-4-6-16(7-5-15)25-12-14-9-17(22)21-18(20-14)19-10-13-3-2-8-24-11-13/h4-7,9,13H,2-3,8,10-12H2,1H3,(H2,19,20,21,22). The summed E-state index contributed by atoms with van der Waals surface area (Å²) >= 11 is 0. The molecule has 0 spiro atoms.